The molecule has 122 valence electrons. The van der Waals surface area contributed by atoms with Gasteiger partial charge in [-0.05, 0) is 50.7 Å². The lowest BCUT2D eigenvalue weighted by molar-refractivity contribution is -0.125. The molecule has 1 N–H and O–H groups in total. The molecule has 5 nitrogen and oxygen atoms in total. The summed E-state index contributed by atoms with van der Waals surface area (Å²) in [6.45, 7) is 5.33. The third-order valence-electron chi connectivity index (χ3n) is 4.53. The molecule has 0 radical (unpaired) electrons. The topological polar surface area (TPSA) is 59.8 Å². The fraction of sp³-hybridized carbons (Fsp3) is 0.500. The van der Waals surface area contributed by atoms with Crippen LogP contribution in [-0.4, -0.2) is 27.2 Å². The van der Waals surface area contributed by atoms with Gasteiger partial charge in [-0.1, -0.05) is 24.3 Å². The van der Waals surface area contributed by atoms with Gasteiger partial charge in [0.2, 0.25) is 5.91 Å². The Labute approximate surface area is 137 Å². The Morgan fingerprint density at radius 2 is 2.09 bits per heavy atom. The van der Waals surface area contributed by atoms with Crippen LogP contribution in [0, 0.1) is 19.8 Å². The summed E-state index contributed by atoms with van der Waals surface area (Å²) in [6.07, 6.45) is 3.69. The van der Waals surface area contributed by atoms with Gasteiger partial charge in [-0.3, -0.25) is 9.48 Å². The number of hydrogen-bond acceptors (Lipinski definition) is 3. The van der Waals surface area contributed by atoms with E-state index in [4.69, 9.17) is 0 Å². The lowest BCUT2D eigenvalue weighted by Gasteiger charge is -2.23. The molecule has 3 rings (SSSR count). The smallest absolute Gasteiger partial charge is 0.223 e. The van der Waals surface area contributed by atoms with Gasteiger partial charge in [-0.25, -0.2) is 4.98 Å². The average Bonchev–Trinajstić information content (AvgIpc) is 2.88. The van der Waals surface area contributed by atoms with E-state index in [0.29, 0.717) is 6.54 Å². The number of benzene rings is 1. The summed E-state index contributed by atoms with van der Waals surface area (Å²) >= 11 is 0. The van der Waals surface area contributed by atoms with Crippen LogP contribution >= 0.6 is 0 Å². The Balaban J connectivity index is 1.44. The van der Waals surface area contributed by atoms with Crippen LogP contribution in [-0.2, 0) is 24.2 Å². The fourth-order valence-electron chi connectivity index (χ4n) is 3.28. The van der Waals surface area contributed by atoms with Crippen molar-refractivity contribution < 1.29 is 4.79 Å². The zero-order chi connectivity index (χ0) is 16.2. The van der Waals surface area contributed by atoms with Crippen LogP contribution in [0.5, 0.6) is 0 Å². The first kappa shape index (κ1) is 15.7. The first-order valence-corrected chi connectivity index (χ1v) is 8.36. The predicted octanol–water partition coefficient (Wildman–Crippen LogP) is 2.21. The molecule has 23 heavy (non-hydrogen) atoms. The monoisotopic (exact) mass is 312 g/mol. The van der Waals surface area contributed by atoms with Gasteiger partial charge in [0.05, 0.1) is 0 Å². The van der Waals surface area contributed by atoms with E-state index in [-0.39, 0.29) is 11.8 Å². The summed E-state index contributed by atoms with van der Waals surface area (Å²) in [5, 5.41) is 7.41. The van der Waals surface area contributed by atoms with Crippen LogP contribution in [0.3, 0.4) is 0 Å². The molecular weight excluding hydrogens is 288 g/mol. The van der Waals surface area contributed by atoms with Crippen molar-refractivity contribution in [3.8, 4) is 0 Å². The molecule has 0 unspecified atom stereocenters. The number of nitrogens with zero attached hydrogens (tertiary/aromatic N) is 3. The molecule has 0 spiro atoms. The van der Waals surface area contributed by atoms with Gasteiger partial charge in [0.25, 0.3) is 0 Å². The van der Waals surface area contributed by atoms with Crippen LogP contribution in [0.15, 0.2) is 24.3 Å². The molecule has 5 heteroatoms. The predicted molar refractivity (Wildman–Crippen MR) is 89.1 cm³/mol. The Bertz CT molecular complexity index is 692. The lowest BCUT2D eigenvalue weighted by atomic mass is 9.83. The highest BCUT2D eigenvalue weighted by atomic mass is 16.1. The molecular formula is C18H24N4O. The van der Waals surface area contributed by atoms with Gasteiger partial charge in [0.15, 0.2) is 0 Å². The minimum atomic E-state index is 0.111. The second-order valence-electron chi connectivity index (χ2n) is 6.28. The lowest BCUT2D eigenvalue weighted by Crippen LogP contribution is -2.35. The van der Waals surface area contributed by atoms with Gasteiger partial charge in [0, 0.05) is 19.0 Å². The molecule has 1 aliphatic carbocycles. The van der Waals surface area contributed by atoms with Crippen LogP contribution in [0.1, 0.15) is 35.6 Å². The van der Waals surface area contributed by atoms with Crippen molar-refractivity contribution in [3.05, 3.63) is 47.0 Å². The van der Waals surface area contributed by atoms with E-state index in [1.54, 1.807) is 0 Å². The molecule has 0 fully saturated rings. The van der Waals surface area contributed by atoms with E-state index < -0.39 is 0 Å². The number of fused-ring (bicyclic) bond motifs is 1. The van der Waals surface area contributed by atoms with E-state index >= 15 is 0 Å². The molecule has 1 heterocycles. The van der Waals surface area contributed by atoms with Crippen LogP contribution in [0.4, 0.5) is 0 Å². The number of rotatable bonds is 5. The molecule has 0 aliphatic heterocycles. The highest BCUT2D eigenvalue weighted by Gasteiger charge is 2.23. The second-order valence-corrected chi connectivity index (χ2v) is 6.28. The average molecular weight is 312 g/mol. The van der Waals surface area contributed by atoms with Crippen molar-refractivity contribution in [3.63, 3.8) is 0 Å². The van der Waals surface area contributed by atoms with Gasteiger partial charge >= 0.3 is 0 Å². The fourth-order valence-corrected chi connectivity index (χ4v) is 3.28. The molecule has 1 aromatic heterocycles. The second kappa shape index (κ2) is 6.94. The Hall–Kier alpha value is -2.17. The van der Waals surface area contributed by atoms with Crippen LogP contribution in [0.25, 0.3) is 0 Å². The SMILES string of the molecule is Cc1nc(C)n(CCCNC(=O)[C@@H]2CCc3ccccc3C2)n1. The van der Waals surface area contributed by atoms with Crippen LogP contribution < -0.4 is 5.32 Å². The Kier molecular flexibility index (Phi) is 4.74. The summed E-state index contributed by atoms with van der Waals surface area (Å²) < 4.78 is 1.90. The molecule has 1 aliphatic rings. The van der Waals surface area contributed by atoms with E-state index in [2.05, 4.69) is 39.7 Å². The number of carbonyl (C=O) groups is 1. The molecule has 1 aromatic carbocycles. The van der Waals surface area contributed by atoms with E-state index in [1.165, 1.54) is 11.1 Å². The number of aromatic nitrogens is 3. The third-order valence-corrected chi connectivity index (χ3v) is 4.53. The third kappa shape index (κ3) is 3.78. The minimum Gasteiger partial charge on any atom is -0.356 e. The highest BCUT2D eigenvalue weighted by Crippen LogP contribution is 2.25. The summed E-state index contributed by atoms with van der Waals surface area (Å²) in [5.41, 5.74) is 2.72. The van der Waals surface area contributed by atoms with Gasteiger partial charge in [-0.15, -0.1) is 0 Å². The standard InChI is InChI=1S/C18H24N4O/c1-13-20-14(2)22(21-13)11-5-10-19-18(23)17-9-8-15-6-3-4-7-16(15)12-17/h3-4,6-7,17H,5,8-12H2,1-2H3,(H,19,23)/t17-/m1/s1. The number of carbonyl (C=O) groups excluding carboxylic acids is 1. The zero-order valence-corrected chi connectivity index (χ0v) is 13.9. The quantitative estimate of drug-likeness (QED) is 0.861. The van der Waals surface area contributed by atoms with E-state index in [0.717, 1.165) is 43.9 Å². The number of aryl methyl sites for hydroxylation is 4. The highest BCUT2D eigenvalue weighted by molar-refractivity contribution is 5.79. The number of amides is 1. The Morgan fingerprint density at radius 1 is 1.30 bits per heavy atom. The largest absolute Gasteiger partial charge is 0.356 e. The maximum atomic E-state index is 12.3. The van der Waals surface area contributed by atoms with Crippen molar-refractivity contribution in [2.24, 2.45) is 5.92 Å². The molecule has 0 bridgehead atoms. The van der Waals surface area contributed by atoms with Crippen molar-refractivity contribution in [1.82, 2.24) is 20.1 Å². The molecule has 2 aromatic rings. The van der Waals surface area contributed by atoms with Gasteiger partial charge < -0.3 is 5.32 Å². The first-order valence-electron chi connectivity index (χ1n) is 8.36. The summed E-state index contributed by atoms with van der Waals surface area (Å²) in [6, 6.07) is 8.45. The molecule has 1 amide bonds. The maximum Gasteiger partial charge on any atom is 0.223 e. The number of nitrogens with one attached hydrogen (secondary N) is 1. The van der Waals surface area contributed by atoms with Gasteiger partial charge in [-0.2, -0.15) is 5.10 Å². The molecule has 0 saturated heterocycles. The molecule has 0 saturated carbocycles. The van der Waals surface area contributed by atoms with Crippen LogP contribution in [0.2, 0.25) is 0 Å². The van der Waals surface area contributed by atoms with Crippen molar-refractivity contribution in [1.29, 1.82) is 0 Å². The zero-order valence-electron chi connectivity index (χ0n) is 13.9. The van der Waals surface area contributed by atoms with Gasteiger partial charge in [0.1, 0.15) is 11.6 Å². The summed E-state index contributed by atoms with van der Waals surface area (Å²) in [5.74, 6) is 2.02. The van der Waals surface area contributed by atoms with Crippen molar-refractivity contribution in [2.45, 2.75) is 46.1 Å². The van der Waals surface area contributed by atoms with Crippen molar-refractivity contribution in [2.75, 3.05) is 6.54 Å². The molecule has 1 atom stereocenters. The van der Waals surface area contributed by atoms with E-state index in [1.807, 2.05) is 18.5 Å². The normalized spacial score (nSPS) is 16.9. The Morgan fingerprint density at radius 3 is 2.83 bits per heavy atom. The van der Waals surface area contributed by atoms with Crippen molar-refractivity contribution >= 4 is 5.91 Å². The van der Waals surface area contributed by atoms with E-state index in [9.17, 15) is 4.79 Å². The summed E-state index contributed by atoms with van der Waals surface area (Å²) in [7, 11) is 0. The number of hydrogen-bond donors (Lipinski definition) is 1. The minimum absolute atomic E-state index is 0.111. The first-order chi connectivity index (χ1) is 11.1. The summed E-state index contributed by atoms with van der Waals surface area (Å²) in [4.78, 5) is 16.6. The maximum absolute atomic E-state index is 12.3.